The Morgan fingerprint density at radius 3 is 2.11 bits per heavy atom. The summed E-state index contributed by atoms with van der Waals surface area (Å²) in [5.41, 5.74) is 6.36. The Bertz CT molecular complexity index is 1470. The minimum absolute atomic E-state index is 0. The first kappa shape index (κ1) is 22.9. The third-order valence-corrected chi connectivity index (χ3v) is 6.13. The van der Waals surface area contributed by atoms with E-state index >= 15 is 0 Å². The number of aromatic nitrogens is 2. The van der Waals surface area contributed by atoms with Crippen molar-refractivity contribution in [2.75, 3.05) is 11.9 Å². The molecule has 4 aromatic rings. The zero-order valence-corrected chi connectivity index (χ0v) is 23.5. The molecule has 1 aromatic heterocycles. The molecule has 1 aliphatic rings. The van der Waals surface area contributed by atoms with Gasteiger partial charge in [0.1, 0.15) is 0 Å². The predicted molar refractivity (Wildman–Crippen MR) is 145 cm³/mol. The average Bonchev–Trinajstić information content (AvgIpc) is 3.59. The average molecular weight is 674 g/mol. The second-order valence-electron chi connectivity index (χ2n) is 9.43. The number of benzene rings is 3. The van der Waals surface area contributed by atoms with Crippen molar-refractivity contribution in [1.29, 1.82) is 0 Å². The molecule has 5 rings (SSSR count). The quantitative estimate of drug-likeness (QED) is 0.190. The molecule has 37 heavy (non-hydrogen) atoms. The smallest absolute Gasteiger partial charge is 0.0572 e. The van der Waals surface area contributed by atoms with Gasteiger partial charge in [0.2, 0.25) is 0 Å². The summed E-state index contributed by atoms with van der Waals surface area (Å²) in [5, 5.41) is 4.66. The summed E-state index contributed by atoms with van der Waals surface area (Å²) in [4.78, 5) is 2.86. The van der Waals surface area contributed by atoms with Crippen molar-refractivity contribution >= 4 is 5.69 Å². The number of ether oxygens (including phenoxy) is 1. The Hall–Kier alpha value is -3.30. The summed E-state index contributed by atoms with van der Waals surface area (Å²) in [6.45, 7) is 8.14. The molecule has 3 aromatic carbocycles. The van der Waals surface area contributed by atoms with Crippen LogP contribution in [0.2, 0.25) is 0 Å². The number of hydrogen-bond acceptors (Lipinski definition) is 4. The maximum Gasteiger partial charge on any atom is 0.0572 e. The molecule has 0 radical (unpaired) electrons. The molecule has 194 valence electrons. The maximum atomic E-state index is 7.58. The number of hydrogen-bond donors (Lipinski definition) is 0. The Kier molecular flexibility index (Phi) is 7.04. The van der Waals surface area contributed by atoms with E-state index in [0.717, 1.165) is 11.3 Å². The molecule has 0 unspecified atom stereocenters. The fourth-order valence-electron chi connectivity index (χ4n) is 4.36. The van der Waals surface area contributed by atoms with E-state index in [4.69, 9.17) is 8.85 Å². The Labute approximate surface area is 238 Å². The molecule has 0 amide bonds. The van der Waals surface area contributed by atoms with E-state index in [1.165, 1.54) is 34.5 Å². The van der Waals surface area contributed by atoms with Gasteiger partial charge in [0.25, 0.3) is 0 Å². The molecule has 5 nitrogen and oxygen atoms in total. The summed E-state index contributed by atoms with van der Waals surface area (Å²) in [6, 6.07) is 24.2. The standard InChI is InChI=1S/C31H31N4O.Pt/c1-22(2)29-13-8-14-30(23(3)4)31(29)24-19-32-35(20-24)26-10-7-12-28(18-26)36-27-11-6-9-25(17-27)34-16-15-33(5)21-34;/h6-16,19-23H,1-5H3;/q-3;/i5D3;. The first-order chi connectivity index (χ1) is 18.6. The van der Waals surface area contributed by atoms with Crippen LogP contribution in [0.3, 0.4) is 0 Å². The van der Waals surface area contributed by atoms with Gasteiger partial charge < -0.3 is 14.5 Å². The van der Waals surface area contributed by atoms with Gasteiger partial charge in [-0.05, 0) is 53.6 Å². The Balaban J connectivity index is 0.00000370. The fraction of sp³-hybridized carbons (Fsp3) is 0.226. The van der Waals surface area contributed by atoms with Gasteiger partial charge in [0.15, 0.2) is 0 Å². The molecule has 0 saturated heterocycles. The molecular formula is C31H31N4OPt-3. The van der Waals surface area contributed by atoms with Crippen LogP contribution >= 0.6 is 0 Å². The first-order valence-electron chi connectivity index (χ1n) is 13.6. The van der Waals surface area contributed by atoms with Crippen molar-refractivity contribution < 1.29 is 29.9 Å². The minimum atomic E-state index is -2.24. The summed E-state index contributed by atoms with van der Waals surface area (Å²) < 4.78 is 30.6. The number of nitrogens with zero attached hydrogens (tertiary/aromatic N) is 4. The predicted octanol–water partition coefficient (Wildman–Crippen LogP) is 7.52. The van der Waals surface area contributed by atoms with Gasteiger partial charge in [0.05, 0.1) is 6.20 Å². The van der Waals surface area contributed by atoms with Gasteiger partial charge in [-0.1, -0.05) is 45.9 Å². The normalized spacial score (nSPS) is 14.5. The minimum Gasteiger partial charge on any atom is -0.510 e. The molecule has 6 heteroatoms. The largest absolute Gasteiger partial charge is 0.510 e. The third-order valence-electron chi connectivity index (χ3n) is 6.13. The van der Waals surface area contributed by atoms with E-state index in [0.29, 0.717) is 29.0 Å². The van der Waals surface area contributed by atoms with Crippen LogP contribution in [-0.2, 0) is 21.1 Å². The first-order valence-corrected chi connectivity index (χ1v) is 12.1. The van der Waals surface area contributed by atoms with Gasteiger partial charge >= 0.3 is 0 Å². The topological polar surface area (TPSA) is 33.5 Å². The van der Waals surface area contributed by atoms with Crippen molar-refractivity contribution in [2.24, 2.45) is 0 Å². The Morgan fingerprint density at radius 2 is 1.49 bits per heavy atom. The summed E-state index contributed by atoms with van der Waals surface area (Å²) >= 11 is 0. The van der Waals surface area contributed by atoms with Crippen LogP contribution in [0.15, 0.2) is 79.4 Å². The molecule has 0 bridgehead atoms. The van der Waals surface area contributed by atoms with Crippen LogP contribution in [0.25, 0.3) is 16.8 Å². The van der Waals surface area contributed by atoms with Crippen molar-refractivity contribution in [3.63, 3.8) is 0 Å². The molecule has 2 heterocycles. The van der Waals surface area contributed by atoms with Crippen LogP contribution < -0.4 is 9.64 Å². The third kappa shape index (κ3) is 5.83. The maximum absolute atomic E-state index is 7.58. The van der Waals surface area contributed by atoms with E-state index < -0.39 is 6.98 Å². The van der Waals surface area contributed by atoms with Gasteiger partial charge in [-0.3, -0.25) is 4.68 Å². The molecule has 0 fully saturated rings. The molecule has 0 N–H and O–H groups in total. The molecule has 1 aliphatic heterocycles. The van der Waals surface area contributed by atoms with Crippen LogP contribution in [-0.4, -0.2) is 21.7 Å². The number of rotatable bonds is 7. The monoisotopic (exact) mass is 673 g/mol. The van der Waals surface area contributed by atoms with Crippen molar-refractivity contribution in [1.82, 2.24) is 14.7 Å². The summed E-state index contributed by atoms with van der Waals surface area (Å²) in [5.74, 6) is 1.79. The molecular weight excluding hydrogens is 639 g/mol. The van der Waals surface area contributed by atoms with Crippen LogP contribution in [0.1, 0.15) is 54.8 Å². The molecule has 0 aliphatic carbocycles. The SMILES string of the molecule is [2H]C([2H])([2H])N1C=CN(c2[c-]c(Oc3[c-]c(-n4cc(-c5c(C(C)C)cccc5C(C)C)cn4)ccc3)ccc2)[CH-]1.[Pt]. The van der Waals surface area contributed by atoms with Crippen LogP contribution in [0.4, 0.5) is 5.69 Å². The number of anilines is 1. The molecule has 0 spiro atoms. The van der Waals surface area contributed by atoms with Gasteiger partial charge in [-0.15, -0.1) is 42.1 Å². The second-order valence-corrected chi connectivity index (χ2v) is 9.43. The summed E-state index contributed by atoms with van der Waals surface area (Å²) in [6.07, 6.45) is 7.13. The van der Waals surface area contributed by atoms with Gasteiger partial charge in [-0.25, -0.2) is 0 Å². The fourth-order valence-corrected chi connectivity index (χ4v) is 4.36. The van der Waals surface area contributed by atoms with E-state index in [2.05, 4.69) is 63.1 Å². The van der Waals surface area contributed by atoms with Crippen molar-refractivity contribution in [3.05, 3.63) is 109 Å². The van der Waals surface area contributed by atoms with Crippen LogP contribution in [0.5, 0.6) is 11.5 Å². The van der Waals surface area contributed by atoms with Crippen molar-refractivity contribution in [3.8, 4) is 28.3 Å². The van der Waals surface area contributed by atoms with E-state index in [-0.39, 0.29) is 21.1 Å². The zero-order chi connectivity index (χ0) is 27.7. The second kappa shape index (κ2) is 11.4. The Morgan fingerprint density at radius 1 is 0.865 bits per heavy atom. The zero-order valence-electron chi connectivity index (χ0n) is 24.3. The van der Waals surface area contributed by atoms with E-state index in [1.807, 2.05) is 47.4 Å². The molecule has 0 saturated carbocycles. The van der Waals surface area contributed by atoms with Crippen LogP contribution in [0, 0.1) is 18.8 Å². The summed E-state index contributed by atoms with van der Waals surface area (Å²) in [7, 11) is 0. The van der Waals surface area contributed by atoms with Gasteiger partial charge in [0, 0.05) is 48.4 Å². The van der Waals surface area contributed by atoms with Gasteiger partial charge in [-0.2, -0.15) is 23.9 Å². The van der Waals surface area contributed by atoms with E-state index in [1.54, 1.807) is 17.2 Å². The van der Waals surface area contributed by atoms with E-state index in [9.17, 15) is 0 Å². The molecule has 0 atom stereocenters. The van der Waals surface area contributed by atoms with Crippen molar-refractivity contribution in [2.45, 2.75) is 39.5 Å².